The summed E-state index contributed by atoms with van der Waals surface area (Å²) in [6.45, 7) is 2.09. The molecule has 0 aliphatic carbocycles. The number of anilines is 1. The summed E-state index contributed by atoms with van der Waals surface area (Å²) < 4.78 is 40.2. The van der Waals surface area contributed by atoms with Crippen LogP contribution in [0.4, 0.5) is 18.9 Å². The first-order chi connectivity index (χ1) is 9.70. The third kappa shape index (κ3) is 3.52. The van der Waals surface area contributed by atoms with Gasteiger partial charge >= 0.3 is 6.18 Å². The van der Waals surface area contributed by atoms with Gasteiger partial charge in [-0.1, -0.05) is 11.6 Å². The summed E-state index contributed by atoms with van der Waals surface area (Å²) in [5, 5.41) is 7.57. The molecule has 0 spiro atoms. The number of nitrogens with zero attached hydrogens (tertiary/aromatic N) is 2. The number of hydrogen-bond donors (Lipinski definition) is 1. The number of nitrogens with one attached hydrogen (secondary N) is 1. The Balaban J connectivity index is 2.24. The highest BCUT2D eigenvalue weighted by molar-refractivity contribution is 9.10. The van der Waals surface area contributed by atoms with Gasteiger partial charge in [0.1, 0.15) is 5.15 Å². The molecule has 0 fully saturated rings. The summed E-state index contributed by atoms with van der Waals surface area (Å²) in [6.07, 6.45) is -4.38. The average Bonchev–Trinajstić information content (AvgIpc) is 2.62. The van der Waals surface area contributed by atoms with E-state index in [9.17, 15) is 13.2 Å². The van der Waals surface area contributed by atoms with E-state index in [4.69, 9.17) is 11.6 Å². The van der Waals surface area contributed by atoms with E-state index in [-0.39, 0.29) is 0 Å². The van der Waals surface area contributed by atoms with Crippen molar-refractivity contribution in [3.8, 4) is 0 Å². The molecule has 2 rings (SSSR count). The van der Waals surface area contributed by atoms with Gasteiger partial charge in [-0.3, -0.25) is 4.68 Å². The van der Waals surface area contributed by atoms with Gasteiger partial charge < -0.3 is 5.32 Å². The van der Waals surface area contributed by atoms with Crippen molar-refractivity contribution in [2.24, 2.45) is 7.05 Å². The molecule has 0 unspecified atom stereocenters. The first kappa shape index (κ1) is 16.2. The van der Waals surface area contributed by atoms with Gasteiger partial charge in [0.2, 0.25) is 0 Å². The van der Waals surface area contributed by atoms with Gasteiger partial charge in [0, 0.05) is 29.3 Å². The summed E-state index contributed by atoms with van der Waals surface area (Å²) in [7, 11) is 1.71. The van der Waals surface area contributed by atoms with Crippen LogP contribution < -0.4 is 5.32 Å². The molecule has 0 aliphatic heterocycles. The van der Waals surface area contributed by atoms with Crippen LogP contribution >= 0.6 is 27.5 Å². The van der Waals surface area contributed by atoms with E-state index in [0.29, 0.717) is 21.9 Å². The van der Waals surface area contributed by atoms with E-state index in [1.807, 2.05) is 0 Å². The van der Waals surface area contributed by atoms with E-state index < -0.39 is 11.7 Å². The van der Waals surface area contributed by atoms with Crippen LogP contribution in [0.25, 0.3) is 0 Å². The quantitative estimate of drug-likeness (QED) is 0.828. The van der Waals surface area contributed by atoms with Gasteiger partial charge in [-0.15, -0.1) is 0 Å². The summed E-state index contributed by atoms with van der Waals surface area (Å²) >= 11 is 9.32. The topological polar surface area (TPSA) is 29.9 Å². The molecular weight excluding hydrogens is 371 g/mol. The lowest BCUT2D eigenvalue weighted by atomic mass is 10.2. The number of aryl methyl sites for hydroxylation is 2. The second-order valence-electron chi connectivity index (χ2n) is 4.52. The minimum atomic E-state index is -4.38. The van der Waals surface area contributed by atoms with Crippen LogP contribution in [-0.2, 0) is 19.8 Å². The Labute approximate surface area is 133 Å². The van der Waals surface area contributed by atoms with Gasteiger partial charge in [0.15, 0.2) is 0 Å². The van der Waals surface area contributed by atoms with Gasteiger partial charge in [-0.25, -0.2) is 0 Å². The molecule has 21 heavy (non-hydrogen) atoms. The van der Waals surface area contributed by atoms with Crippen LogP contribution in [-0.4, -0.2) is 9.78 Å². The maximum Gasteiger partial charge on any atom is 0.416 e. The van der Waals surface area contributed by atoms with Gasteiger partial charge in [0.05, 0.1) is 11.3 Å². The van der Waals surface area contributed by atoms with Crippen molar-refractivity contribution in [2.75, 3.05) is 5.32 Å². The van der Waals surface area contributed by atoms with Crippen molar-refractivity contribution in [3.05, 3.63) is 44.6 Å². The number of rotatable bonds is 3. The van der Waals surface area contributed by atoms with E-state index >= 15 is 0 Å². The molecule has 1 heterocycles. The Hall–Kier alpha value is -1.21. The van der Waals surface area contributed by atoms with E-state index in [1.54, 1.807) is 14.0 Å². The fourth-order valence-electron chi connectivity index (χ4n) is 1.90. The maximum atomic E-state index is 12.7. The van der Waals surface area contributed by atoms with Crippen molar-refractivity contribution < 1.29 is 13.2 Å². The zero-order chi connectivity index (χ0) is 15.8. The highest BCUT2D eigenvalue weighted by Gasteiger charge is 2.30. The van der Waals surface area contributed by atoms with Crippen LogP contribution in [0.1, 0.15) is 16.8 Å². The Morgan fingerprint density at radius 3 is 2.57 bits per heavy atom. The molecule has 0 saturated carbocycles. The van der Waals surface area contributed by atoms with Crippen LogP contribution in [0, 0.1) is 6.92 Å². The van der Waals surface area contributed by atoms with Crippen LogP contribution in [0.3, 0.4) is 0 Å². The third-order valence-electron chi connectivity index (χ3n) is 3.02. The predicted octanol–water partition coefficient (Wildman–Crippen LogP) is 4.78. The first-order valence-corrected chi connectivity index (χ1v) is 7.16. The molecule has 3 nitrogen and oxygen atoms in total. The third-order valence-corrected chi connectivity index (χ3v) is 4.18. The molecule has 8 heteroatoms. The molecule has 0 saturated heterocycles. The second-order valence-corrected chi connectivity index (χ2v) is 5.74. The molecule has 114 valence electrons. The Morgan fingerprint density at radius 1 is 1.38 bits per heavy atom. The summed E-state index contributed by atoms with van der Waals surface area (Å²) in [4.78, 5) is 0. The zero-order valence-electron chi connectivity index (χ0n) is 11.2. The van der Waals surface area contributed by atoms with Gasteiger partial charge in [-0.2, -0.15) is 18.3 Å². The van der Waals surface area contributed by atoms with E-state index in [2.05, 4.69) is 26.3 Å². The zero-order valence-corrected chi connectivity index (χ0v) is 13.6. The Kier molecular flexibility index (Phi) is 4.53. The predicted molar refractivity (Wildman–Crippen MR) is 79.4 cm³/mol. The van der Waals surface area contributed by atoms with Crippen molar-refractivity contribution in [3.63, 3.8) is 0 Å². The lowest BCUT2D eigenvalue weighted by Gasteiger charge is -2.12. The van der Waals surface area contributed by atoms with Crippen LogP contribution in [0.5, 0.6) is 0 Å². The lowest BCUT2D eigenvalue weighted by molar-refractivity contribution is -0.137. The number of halogens is 5. The SMILES string of the molecule is Cc1nn(C)c(Cl)c1CNc1cc(C(F)(F)F)ccc1Br. The fraction of sp³-hybridized carbons (Fsp3) is 0.308. The summed E-state index contributed by atoms with van der Waals surface area (Å²) in [5.74, 6) is 0. The van der Waals surface area contributed by atoms with E-state index in [1.165, 1.54) is 10.7 Å². The number of aromatic nitrogens is 2. The Bertz CT molecular complexity index is 667. The summed E-state index contributed by atoms with van der Waals surface area (Å²) in [6, 6.07) is 3.45. The average molecular weight is 383 g/mol. The minimum Gasteiger partial charge on any atom is -0.380 e. The fourth-order valence-corrected chi connectivity index (χ4v) is 2.52. The molecule has 0 aliphatic rings. The molecule has 0 atom stereocenters. The first-order valence-electron chi connectivity index (χ1n) is 5.98. The summed E-state index contributed by atoms with van der Waals surface area (Å²) in [5.41, 5.74) is 1.13. The largest absolute Gasteiger partial charge is 0.416 e. The molecule has 1 aromatic heterocycles. The number of alkyl halides is 3. The smallest absolute Gasteiger partial charge is 0.380 e. The molecule has 0 amide bonds. The van der Waals surface area contributed by atoms with Crippen molar-refractivity contribution in [2.45, 2.75) is 19.6 Å². The second kappa shape index (κ2) is 5.88. The van der Waals surface area contributed by atoms with Crippen molar-refractivity contribution in [1.29, 1.82) is 0 Å². The molecule has 1 N–H and O–H groups in total. The minimum absolute atomic E-state index is 0.290. The van der Waals surface area contributed by atoms with Gasteiger partial charge in [-0.05, 0) is 41.1 Å². The highest BCUT2D eigenvalue weighted by atomic mass is 79.9. The van der Waals surface area contributed by atoms with Crippen LogP contribution in [0.2, 0.25) is 5.15 Å². The highest BCUT2D eigenvalue weighted by Crippen LogP contribution is 2.34. The number of benzene rings is 1. The van der Waals surface area contributed by atoms with Gasteiger partial charge in [0.25, 0.3) is 0 Å². The normalized spacial score (nSPS) is 11.8. The monoisotopic (exact) mass is 381 g/mol. The lowest BCUT2D eigenvalue weighted by Crippen LogP contribution is -2.07. The maximum absolute atomic E-state index is 12.7. The standard InChI is InChI=1S/C13H12BrClF3N3/c1-7-9(12(15)21(2)20-7)6-19-11-5-8(13(16,17)18)3-4-10(11)14/h3-5,19H,6H2,1-2H3. The van der Waals surface area contributed by atoms with E-state index in [0.717, 1.165) is 23.4 Å². The van der Waals surface area contributed by atoms with Crippen molar-refractivity contribution >= 4 is 33.2 Å². The molecule has 2 aromatic rings. The Morgan fingerprint density at radius 2 is 2.05 bits per heavy atom. The number of hydrogen-bond acceptors (Lipinski definition) is 2. The van der Waals surface area contributed by atoms with Crippen LogP contribution in [0.15, 0.2) is 22.7 Å². The molecule has 0 radical (unpaired) electrons. The van der Waals surface area contributed by atoms with Crippen molar-refractivity contribution in [1.82, 2.24) is 9.78 Å². The molecule has 0 bridgehead atoms. The molecule has 1 aromatic carbocycles. The molecular formula is C13H12BrClF3N3.